The predicted molar refractivity (Wildman–Crippen MR) is 67.8 cm³/mol. The highest BCUT2D eigenvalue weighted by molar-refractivity contribution is 7.05. The zero-order valence-electron chi connectivity index (χ0n) is 10.5. The molecule has 0 radical (unpaired) electrons. The molecule has 0 amide bonds. The first-order chi connectivity index (χ1) is 7.89. The summed E-state index contributed by atoms with van der Waals surface area (Å²) in [6.07, 6.45) is 1.89. The second-order valence-electron chi connectivity index (χ2n) is 5.13. The number of nitrogens with two attached hydrogens (primary N) is 1. The van der Waals surface area contributed by atoms with Gasteiger partial charge in [-0.15, -0.1) is 5.10 Å². The molecule has 0 aromatic carbocycles. The normalized spacial score (nSPS) is 13.9. The second-order valence-corrected chi connectivity index (χ2v) is 5.91. The van der Waals surface area contributed by atoms with Crippen LogP contribution >= 0.6 is 11.5 Å². The molecule has 0 aliphatic carbocycles. The van der Waals surface area contributed by atoms with Gasteiger partial charge in [0.05, 0.1) is 22.3 Å². The summed E-state index contributed by atoms with van der Waals surface area (Å²) in [5, 5.41) is 8.53. The van der Waals surface area contributed by atoms with Crippen LogP contribution in [0, 0.1) is 0 Å². The van der Waals surface area contributed by atoms with E-state index in [4.69, 9.17) is 5.73 Å². The van der Waals surface area contributed by atoms with Crippen LogP contribution in [0.15, 0.2) is 12.3 Å². The third kappa shape index (κ3) is 2.37. The van der Waals surface area contributed by atoms with Gasteiger partial charge in [-0.05, 0) is 17.6 Å². The molecule has 0 aliphatic heterocycles. The maximum Gasteiger partial charge on any atom is 0.0874 e. The fraction of sp³-hybridized carbons (Fsp3) is 0.545. The quantitative estimate of drug-likeness (QED) is 0.880. The molecule has 2 N–H and O–H groups in total. The largest absolute Gasteiger partial charge is 0.318 e. The lowest BCUT2D eigenvalue weighted by molar-refractivity contribution is 0.555. The zero-order chi connectivity index (χ0) is 12.6. The Morgan fingerprint density at radius 2 is 2.12 bits per heavy atom. The highest BCUT2D eigenvalue weighted by atomic mass is 32.1. The molecule has 1 atom stereocenters. The van der Waals surface area contributed by atoms with Crippen LogP contribution in [-0.2, 0) is 12.5 Å². The highest BCUT2D eigenvalue weighted by Crippen LogP contribution is 2.31. The SMILES string of the molecule is Cn1ccc(C(N)c2snnc2C(C)(C)C)n1. The summed E-state index contributed by atoms with van der Waals surface area (Å²) < 4.78 is 5.77. The minimum absolute atomic E-state index is 0.0469. The van der Waals surface area contributed by atoms with Crippen molar-refractivity contribution in [3.63, 3.8) is 0 Å². The molecular formula is C11H17N5S. The van der Waals surface area contributed by atoms with Gasteiger partial charge in [0, 0.05) is 18.7 Å². The fourth-order valence-electron chi connectivity index (χ4n) is 1.65. The van der Waals surface area contributed by atoms with Crippen molar-refractivity contribution in [1.29, 1.82) is 0 Å². The van der Waals surface area contributed by atoms with E-state index in [-0.39, 0.29) is 11.5 Å². The molecule has 2 aromatic rings. The molecular weight excluding hydrogens is 234 g/mol. The van der Waals surface area contributed by atoms with Gasteiger partial charge in [0.25, 0.3) is 0 Å². The van der Waals surface area contributed by atoms with Gasteiger partial charge < -0.3 is 5.73 Å². The molecule has 92 valence electrons. The summed E-state index contributed by atoms with van der Waals surface area (Å²) in [5.74, 6) is 0. The minimum atomic E-state index is -0.245. The van der Waals surface area contributed by atoms with E-state index in [0.29, 0.717) is 0 Å². The first-order valence-corrected chi connectivity index (χ1v) is 6.25. The van der Waals surface area contributed by atoms with E-state index >= 15 is 0 Å². The summed E-state index contributed by atoms with van der Waals surface area (Å²) in [6.45, 7) is 6.33. The number of hydrogen-bond donors (Lipinski definition) is 1. The molecule has 5 nitrogen and oxygen atoms in total. The Hall–Kier alpha value is -1.27. The molecule has 1 unspecified atom stereocenters. The van der Waals surface area contributed by atoms with Gasteiger partial charge in [0.2, 0.25) is 0 Å². The van der Waals surface area contributed by atoms with Gasteiger partial charge in [-0.1, -0.05) is 25.3 Å². The zero-order valence-corrected chi connectivity index (χ0v) is 11.3. The Morgan fingerprint density at radius 3 is 2.65 bits per heavy atom. The molecule has 0 fully saturated rings. The summed E-state index contributed by atoms with van der Waals surface area (Å²) in [6, 6.07) is 1.68. The van der Waals surface area contributed by atoms with E-state index in [0.717, 1.165) is 16.3 Å². The van der Waals surface area contributed by atoms with E-state index < -0.39 is 0 Å². The van der Waals surface area contributed by atoms with Crippen LogP contribution in [-0.4, -0.2) is 19.4 Å². The maximum atomic E-state index is 6.23. The Labute approximate surface area is 105 Å². The van der Waals surface area contributed by atoms with Crippen LogP contribution in [0.3, 0.4) is 0 Å². The number of nitrogens with zero attached hydrogens (tertiary/aromatic N) is 4. The van der Waals surface area contributed by atoms with E-state index in [1.165, 1.54) is 11.5 Å². The Balaban J connectivity index is 2.38. The van der Waals surface area contributed by atoms with Crippen LogP contribution in [0.2, 0.25) is 0 Å². The van der Waals surface area contributed by atoms with E-state index in [1.807, 2.05) is 19.3 Å². The topological polar surface area (TPSA) is 69.6 Å². The summed E-state index contributed by atoms with van der Waals surface area (Å²) in [4.78, 5) is 0.996. The minimum Gasteiger partial charge on any atom is -0.318 e. The number of aromatic nitrogens is 4. The van der Waals surface area contributed by atoms with E-state index in [2.05, 4.69) is 35.5 Å². The first-order valence-electron chi connectivity index (χ1n) is 5.47. The Kier molecular flexibility index (Phi) is 3.01. The van der Waals surface area contributed by atoms with Crippen molar-refractivity contribution >= 4 is 11.5 Å². The van der Waals surface area contributed by atoms with Crippen molar-refractivity contribution in [2.24, 2.45) is 12.8 Å². The second kappa shape index (κ2) is 4.19. The molecule has 0 bridgehead atoms. The molecule has 17 heavy (non-hydrogen) atoms. The van der Waals surface area contributed by atoms with Crippen molar-refractivity contribution < 1.29 is 0 Å². The molecule has 0 saturated heterocycles. The molecule has 2 heterocycles. The van der Waals surface area contributed by atoms with Crippen LogP contribution in [0.25, 0.3) is 0 Å². The molecule has 2 rings (SSSR count). The lowest BCUT2D eigenvalue weighted by Crippen LogP contribution is -2.20. The molecule has 0 saturated carbocycles. The summed E-state index contributed by atoms with van der Waals surface area (Å²) in [5.41, 5.74) is 7.99. The van der Waals surface area contributed by atoms with Gasteiger partial charge in [-0.25, -0.2) is 0 Å². The van der Waals surface area contributed by atoms with Crippen LogP contribution in [0.1, 0.15) is 43.1 Å². The molecule has 0 spiro atoms. The van der Waals surface area contributed by atoms with Crippen molar-refractivity contribution in [2.45, 2.75) is 32.2 Å². The predicted octanol–water partition coefficient (Wildman–Crippen LogP) is 1.62. The lowest BCUT2D eigenvalue weighted by Gasteiger charge is -2.18. The monoisotopic (exact) mass is 251 g/mol. The fourth-order valence-corrected chi connectivity index (χ4v) is 2.53. The van der Waals surface area contributed by atoms with Crippen LogP contribution in [0.5, 0.6) is 0 Å². The average molecular weight is 251 g/mol. The molecule has 2 aromatic heterocycles. The highest BCUT2D eigenvalue weighted by Gasteiger charge is 2.27. The lowest BCUT2D eigenvalue weighted by atomic mass is 9.90. The van der Waals surface area contributed by atoms with Gasteiger partial charge in [-0.3, -0.25) is 4.68 Å². The maximum absolute atomic E-state index is 6.23. The molecule has 0 aliphatic rings. The number of aryl methyl sites for hydroxylation is 1. The number of rotatable bonds is 2. The van der Waals surface area contributed by atoms with E-state index in [1.54, 1.807) is 4.68 Å². The first kappa shape index (κ1) is 12.2. The summed E-state index contributed by atoms with van der Waals surface area (Å²) in [7, 11) is 1.88. The van der Waals surface area contributed by atoms with Crippen molar-refractivity contribution in [1.82, 2.24) is 19.4 Å². The average Bonchev–Trinajstić information content (AvgIpc) is 2.83. The Morgan fingerprint density at radius 1 is 1.41 bits per heavy atom. The van der Waals surface area contributed by atoms with Crippen molar-refractivity contribution in [2.75, 3.05) is 0 Å². The van der Waals surface area contributed by atoms with Gasteiger partial charge >= 0.3 is 0 Å². The molecule has 6 heteroatoms. The van der Waals surface area contributed by atoms with E-state index in [9.17, 15) is 0 Å². The number of hydrogen-bond acceptors (Lipinski definition) is 5. The smallest absolute Gasteiger partial charge is 0.0874 e. The third-order valence-corrected chi connectivity index (χ3v) is 3.37. The van der Waals surface area contributed by atoms with Crippen LogP contribution in [0.4, 0.5) is 0 Å². The van der Waals surface area contributed by atoms with Gasteiger partial charge in [-0.2, -0.15) is 5.10 Å². The van der Waals surface area contributed by atoms with Gasteiger partial charge in [0.15, 0.2) is 0 Å². The van der Waals surface area contributed by atoms with Crippen molar-refractivity contribution in [3.05, 3.63) is 28.5 Å². The van der Waals surface area contributed by atoms with Gasteiger partial charge in [0.1, 0.15) is 0 Å². The van der Waals surface area contributed by atoms with Crippen LogP contribution < -0.4 is 5.73 Å². The Bertz CT molecular complexity index is 508. The summed E-state index contributed by atoms with van der Waals surface area (Å²) >= 11 is 1.35. The standard InChI is InChI=1S/C11H17N5S/c1-11(2,3)10-9(17-15-13-10)8(12)7-5-6-16(4)14-7/h5-6,8H,12H2,1-4H3. The third-order valence-electron chi connectivity index (χ3n) is 2.56. The van der Waals surface area contributed by atoms with Crippen molar-refractivity contribution in [3.8, 4) is 0 Å².